The van der Waals surface area contributed by atoms with E-state index in [0.29, 0.717) is 5.56 Å². The van der Waals surface area contributed by atoms with E-state index < -0.39 is 34.6 Å². The molecule has 0 aliphatic carbocycles. The van der Waals surface area contributed by atoms with Crippen LogP contribution in [0.3, 0.4) is 0 Å². The van der Waals surface area contributed by atoms with Crippen LogP contribution in [0.5, 0.6) is 5.75 Å². The normalized spacial score (nSPS) is 11.0. The van der Waals surface area contributed by atoms with Crippen molar-refractivity contribution in [1.29, 1.82) is 0 Å². The van der Waals surface area contributed by atoms with Gasteiger partial charge in [-0.1, -0.05) is 42.5 Å². The van der Waals surface area contributed by atoms with E-state index >= 15 is 0 Å². The summed E-state index contributed by atoms with van der Waals surface area (Å²) >= 11 is 0. The summed E-state index contributed by atoms with van der Waals surface area (Å²) in [5, 5.41) is 1.84. The molecule has 0 saturated heterocycles. The molecule has 3 aromatic carbocycles. The van der Waals surface area contributed by atoms with Gasteiger partial charge in [0, 0.05) is 12.0 Å². The van der Waals surface area contributed by atoms with E-state index in [9.17, 15) is 17.6 Å². The largest absolute Gasteiger partial charge is 0.491 e. The second-order valence-corrected chi connectivity index (χ2v) is 5.13. The quantitative estimate of drug-likeness (QED) is 0.488. The first-order valence-electron chi connectivity index (χ1n) is 6.89. The molecule has 0 aliphatic rings. The molecule has 0 bridgehead atoms. The van der Waals surface area contributed by atoms with Crippen LogP contribution in [0.15, 0.2) is 42.5 Å². The van der Waals surface area contributed by atoms with Crippen molar-refractivity contribution in [3.63, 3.8) is 0 Å². The predicted octanol–water partition coefficient (Wildman–Crippen LogP) is 5.00. The third kappa shape index (κ3) is 2.63. The lowest BCUT2D eigenvalue weighted by molar-refractivity contribution is 0.329. The smallest absolute Gasteiger partial charge is 0.204 e. The summed E-state index contributed by atoms with van der Waals surface area (Å²) in [6.07, 6.45) is -0.264. The molecule has 118 valence electrons. The summed E-state index contributed by atoms with van der Waals surface area (Å²) < 4.78 is 59.9. The van der Waals surface area contributed by atoms with Crippen LogP contribution in [0.4, 0.5) is 17.6 Å². The molecule has 0 atom stereocenters. The van der Waals surface area contributed by atoms with Gasteiger partial charge in [0.1, 0.15) is 0 Å². The Kier molecular flexibility index (Phi) is 3.94. The minimum Gasteiger partial charge on any atom is -0.491 e. The van der Waals surface area contributed by atoms with Gasteiger partial charge in [-0.3, -0.25) is 0 Å². The molecule has 0 aromatic heterocycles. The summed E-state index contributed by atoms with van der Waals surface area (Å²) in [7, 11) is 0.948. The van der Waals surface area contributed by atoms with Gasteiger partial charge in [0.15, 0.2) is 17.4 Å². The maximum absolute atomic E-state index is 14.0. The molecule has 0 aliphatic heterocycles. The predicted molar refractivity (Wildman–Crippen MR) is 79.6 cm³/mol. The molecule has 0 saturated carbocycles. The highest BCUT2D eigenvalue weighted by atomic mass is 19.2. The molecule has 0 N–H and O–H groups in total. The Morgan fingerprint density at radius 2 is 1.39 bits per heavy atom. The minimum atomic E-state index is -1.53. The lowest BCUT2D eigenvalue weighted by Crippen LogP contribution is -2.07. The first kappa shape index (κ1) is 15.3. The maximum atomic E-state index is 14.0. The number of methoxy groups -OCH3 is 1. The van der Waals surface area contributed by atoms with E-state index in [0.717, 1.165) is 17.9 Å². The van der Waals surface area contributed by atoms with Gasteiger partial charge in [-0.15, -0.1) is 0 Å². The molecule has 0 heterocycles. The molecular weight excluding hydrogens is 308 g/mol. The first-order chi connectivity index (χ1) is 11.0. The zero-order chi connectivity index (χ0) is 16.6. The fourth-order valence-corrected chi connectivity index (χ4v) is 2.54. The van der Waals surface area contributed by atoms with Crippen LogP contribution in [-0.2, 0) is 6.42 Å². The Bertz CT molecular complexity index is 861. The van der Waals surface area contributed by atoms with Crippen LogP contribution >= 0.6 is 0 Å². The van der Waals surface area contributed by atoms with Gasteiger partial charge in [-0.2, -0.15) is 8.78 Å². The molecule has 0 fully saturated rings. The summed E-state index contributed by atoms with van der Waals surface area (Å²) in [4.78, 5) is 0. The van der Waals surface area contributed by atoms with Crippen LogP contribution < -0.4 is 4.74 Å². The van der Waals surface area contributed by atoms with Gasteiger partial charge in [0.05, 0.1) is 7.11 Å². The molecule has 23 heavy (non-hydrogen) atoms. The number of ether oxygens (including phenoxy) is 1. The third-order valence-electron chi connectivity index (χ3n) is 3.71. The highest BCUT2D eigenvalue weighted by molar-refractivity contribution is 5.83. The highest BCUT2D eigenvalue weighted by Gasteiger charge is 2.26. The van der Waals surface area contributed by atoms with E-state index in [1.54, 1.807) is 18.2 Å². The highest BCUT2D eigenvalue weighted by Crippen LogP contribution is 2.31. The van der Waals surface area contributed by atoms with Crippen molar-refractivity contribution in [2.24, 2.45) is 0 Å². The molecule has 0 unspecified atom stereocenters. The van der Waals surface area contributed by atoms with Gasteiger partial charge in [0.2, 0.25) is 11.6 Å². The van der Waals surface area contributed by atoms with E-state index in [2.05, 4.69) is 4.74 Å². The Labute approximate surface area is 130 Å². The van der Waals surface area contributed by atoms with E-state index in [4.69, 9.17) is 0 Å². The molecular formula is C18H12F4O. The minimum absolute atomic E-state index is 0.264. The first-order valence-corrected chi connectivity index (χ1v) is 6.89. The van der Waals surface area contributed by atoms with Crippen molar-refractivity contribution < 1.29 is 22.3 Å². The number of rotatable bonds is 3. The Morgan fingerprint density at radius 1 is 0.783 bits per heavy atom. The SMILES string of the molecule is COc1c(F)c(F)c(Cc2ccc3ccccc3c2)c(F)c1F. The molecule has 0 amide bonds. The Balaban J connectivity index is 2.08. The number of halogens is 4. The van der Waals surface area contributed by atoms with Crippen molar-refractivity contribution in [1.82, 2.24) is 0 Å². The number of benzene rings is 3. The van der Waals surface area contributed by atoms with Gasteiger partial charge in [0.25, 0.3) is 0 Å². The summed E-state index contributed by atoms with van der Waals surface area (Å²) in [6.45, 7) is 0. The van der Waals surface area contributed by atoms with Crippen LogP contribution in [0.25, 0.3) is 10.8 Å². The molecule has 5 heteroatoms. The summed E-state index contributed by atoms with van der Waals surface area (Å²) in [6, 6.07) is 12.6. The van der Waals surface area contributed by atoms with E-state index in [1.807, 2.05) is 24.3 Å². The summed E-state index contributed by atoms with van der Waals surface area (Å²) in [5.41, 5.74) is -0.110. The summed E-state index contributed by atoms with van der Waals surface area (Å²) in [5.74, 6) is -6.98. The van der Waals surface area contributed by atoms with Crippen molar-refractivity contribution in [3.05, 3.63) is 76.9 Å². The monoisotopic (exact) mass is 320 g/mol. The molecule has 0 spiro atoms. The fraction of sp³-hybridized carbons (Fsp3) is 0.111. The lowest BCUT2D eigenvalue weighted by atomic mass is 10.00. The second kappa shape index (κ2) is 5.91. The van der Waals surface area contributed by atoms with Crippen LogP contribution in [-0.4, -0.2) is 7.11 Å². The average Bonchev–Trinajstić information content (AvgIpc) is 2.57. The van der Waals surface area contributed by atoms with Gasteiger partial charge in [-0.25, -0.2) is 8.78 Å². The van der Waals surface area contributed by atoms with Crippen molar-refractivity contribution in [2.75, 3.05) is 7.11 Å². The van der Waals surface area contributed by atoms with Gasteiger partial charge in [-0.05, 0) is 16.3 Å². The van der Waals surface area contributed by atoms with E-state index in [1.165, 1.54) is 0 Å². The standard InChI is InChI=1S/C18H12F4O/c1-23-18-16(21)14(19)13(15(20)17(18)22)9-10-6-7-11-4-2-3-5-12(11)8-10/h2-8H,9H2,1H3. The Morgan fingerprint density at radius 3 is 2.00 bits per heavy atom. The van der Waals surface area contributed by atoms with Crippen LogP contribution in [0.1, 0.15) is 11.1 Å². The number of hydrogen-bond donors (Lipinski definition) is 0. The molecule has 3 rings (SSSR count). The zero-order valence-corrected chi connectivity index (χ0v) is 12.2. The third-order valence-corrected chi connectivity index (χ3v) is 3.71. The number of hydrogen-bond acceptors (Lipinski definition) is 1. The second-order valence-electron chi connectivity index (χ2n) is 5.13. The lowest BCUT2D eigenvalue weighted by Gasteiger charge is -2.11. The zero-order valence-electron chi connectivity index (χ0n) is 12.2. The van der Waals surface area contributed by atoms with Crippen LogP contribution in [0, 0.1) is 23.3 Å². The van der Waals surface area contributed by atoms with Gasteiger partial charge < -0.3 is 4.74 Å². The van der Waals surface area contributed by atoms with Crippen molar-refractivity contribution in [2.45, 2.75) is 6.42 Å². The van der Waals surface area contributed by atoms with Crippen LogP contribution in [0.2, 0.25) is 0 Å². The Hall–Kier alpha value is -2.56. The van der Waals surface area contributed by atoms with Gasteiger partial charge >= 0.3 is 0 Å². The topological polar surface area (TPSA) is 9.23 Å². The average molecular weight is 320 g/mol. The van der Waals surface area contributed by atoms with Crippen molar-refractivity contribution >= 4 is 10.8 Å². The number of fused-ring (bicyclic) bond motifs is 1. The molecule has 0 radical (unpaired) electrons. The van der Waals surface area contributed by atoms with E-state index in [-0.39, 0.29) is 6.42 Å². The molecule has 3 aromatic rings. The maximum Gasteiger partial charge on any atom is 0.204 e. The van der Waals surface area contributed by atoms with Crippen molar-refractivity contribution in [3.8, 4) is 5.75 Å². The fourth-order valence-electron chi connectivity index (χ4n) is 2.54. The molecule has 1 nitrogen and oxygen atoms in total.